The summed E-state index contributed by atoms with van der Waals surface area (Å²) in [6, 6.07) is 8.44. The van der Waals surface area contributed by atoms with Crippen LogP contribution in [0, 0.1) is 0 Å². The number of hydrogen-bond acceptors (Lipinski definition) is 4. The summed E-state index contributed by atoms with van der Waals surface area (Å²) in [5, 5.41) is 3.44. The molecule has 0 aromatic heterocycles. The molecule has 0 heterocycles. The van der Waals surface area contributed by atoms with E-state index in [-0.39, 0.29) is 11.8 Å². The van der Waals surface area contributed by atoms with E-state index < -0.39 is 10.0 Å². The predicted molar refractivity (Wildman–Crippen MR) is 89.9 cm³/mol. The summed E-state index contributed by atoms with van der Waals surface area (Å²) >= 11 is 1.64. The molecule has 118 valence electrons. The average molecular weight is 329 g/mol. The van der Waals surface area contributed by atoms with Gasteiger partial charge in [0.1, 0.15) is 0 Å². The van der Waals surface area contributed by atoms with E-state index in [2.05, 4.69) is 10.0 Å². The van der Waals surface area contributed by atoms with Crippen molar-refractivity contribution in [2.75, 3.05) is 12.0 Å². The van der Waals surface area contributed by atoms with Crippen molar-refractivity contribution in [3.05, 3.63) is 35.4 Å². The lowest BCUT2D eigenvalue weighted by molar-refractivity contribution is 0.570. The van der Waals surface area contributed by atoms with Crippen molar-refractivity contribution >= 4 is 21.8 Å². The molecule has 0 aliphatic heterocycles. The van der Waals surface area contributed by atoms with Gasteiger partial charge in [-0.15, -0.1) is 0 Å². The standard InChI is InChI=1S/C15H24N2O2S2/c1-12(10-20-2)17-21(18,19)11-14-5-3-4-13(8-14)9-16-15-6-7-15/h3-5,8,12,15-17H,6-7,9-11H2,1-2H3. The first-order valence-corrected chi connectivity index (χ1v) is 10.3. The molecule has 1 aliphatic rings. The molecule has 1 aliphatic carbocycles. The van der Waals surface area contributed by atoms with Gasteiger partial charge in [-0.1, -0.05) is 24.3 Å². The van der Waals surface area contributed by atoms with Gasteiger partial charge in [0.25, 0.3) is 0 Å². The fourth-order valence-corrected chi connectivity index (χ4v) is 4.32. The Hall–Kier alpha value is -0.560. The van der Waals surface area contributed by atoms with Crippen LogP contribution in [0.5, 0.6) is 0 Å². The molecule has 1 aromatic carbocycles. The van der Waals surface area contributed by atoms with Gasteiger partial charge >= 0.3 is 0 Å². The van der Waals surface area contributed by atoms with Crippen LogP contribution in [0.2, 0.25) is 0 Å². The normalized spacial score (nSPS) is 16.9. The Morgan fingerprint density at radius 1 is 1.33 bits per heavy atom. The molecule has 6 heteroatoms. The van der Waals surface area contributed by atoms with Gasteiger partial charge in [-0.2, -0.15) is 11.8 Å². The van der Waals surface area contributed by atoms with Crippen molar-refractivity contribution in [2.45, 2.75) is 44.1 Å². The van der Waals surface area contributed by atoms with Crippen molar-refractivity contribution in [1.29, 1.82) is 0 Å². The molecule has 4 nitrogen and oxygen atoms in total. The molecule has 1 aromatic rings. The molecule has 1 unspecified atom stereocenters. The Balaban J connectivity index is 1.92. The van der Waals surface area contributed by atoms with Gasteiger partial charge in [-0.25, -0.2) is 13.1 Å². The van der Waals surface area contributed by atoms with Gasteiger partial charge in [-0.05, 0) is 37.1 Å². The molecule has 1 fully saturated rings. The first-order chi connectivity index (χ1) is 9.98. The minimum Gasteiger partial charge on any atom is -0.310 e. The highest BCUT2D eigenvalue weighted by Gasteiger charge is 2.20. The van der Waals surface area contributed by atoms with Gasteiger partial charge in [0.2, 0.25) is 10.0 Å². The minimum absolute atomic E-state index is 0.0373. The van der Waals surface area contributed by atoms with Crippen molar-refractivity contribution < 1.29 is 8.42 Å². The summed E-state index contributed by atoms with van der Waals surface area (Å²) in [6.45, 7) is 2.71. The zero-order chi connectivity index (χ0) is 15.3. The molecule has 0 amide bonds. The summed E-state index contributed by atoms with van der Waals surface area (Å²) in [4.78, 5) is 0. The number of hydrogen-bond donors (Lipinski definition) is 2. The first-order valence-electron chi connectivity index (χ1n) is 7.28. The molecule has 2 N–H and O–H groups in total. The topological polar surface area (TPSA) is 58.2 Å². The van der Waals surface area contributed by atoms with E-state index in [1.807, 2.05) is 37.4 Å². The zero-order valence-electron chi connectivity index (χ0n) is 12.6. The van der Waals surface area contributed by atoms with Gasteiger partial charge < -0.3 is 5.32 Å². The van der Waals surface area contributed by atoms with E-state index in [0.29, 0.717) is 6.04 Å². The highest BCUT2D eigenvalue weighted by Crippen LogP contribution is 2.19. The van der Waals surface area contributed by atoms with Crippen LogP contribution in [0.3, 0.4) is 0 Å². The molecular formula is C15H24N2O2S2. The lowest BCUT2D eigenvalue weighted by Crippen LogP contribution is -2.35. The second kappa shape index (κ2) is 7.63. The number of sulfonamides is 1. The van der Waals surface area contributed by atoms with Crippen molar-refractivity contribution in [2.24, 2.45) is 0 Å². The maximum atomic E-state index is 12.1. The van der Waals surface area contributed by atoms with Crippen LogP contribution in [-0.2, 0) is 22.3 Å². The Morgan fingerprint density at radius 3 is 2.71 bits per heavy atom. The molecule has 2 rings (SSSR count). The summed E-state index contributed by atoms with van der Waals surface area (Å²) in [7, 11) is -3.28. The fraction of sp³-hybridized carbons (Fsp3) is 0.600. The smallest absolute Gasteiger partial charge is 0.216 e. The Bertz CT molecular complexity index is 557. The summed E-state index contributed by atoms with van der Waals surface area (Å²) in [6.07, 6.45) is 4.48. The van der Waals surface area contributed by atoms with Crippen LogP contribution >= 0.6 is 11.8 Å². The third kappa shape index (κ3) is 6.38. The highest BCUT2D eigenvalue weighted by atomic mass is 32.2. The van der Waals surface area contributed by atoms with Crippen LogP contribution in [0.25, 0.3) is 0 Å². The van der Waals surface area contributed by atoms with Crippen LogP contribution in [0.15, 0.2) is 24.3 Å². The summed E-state index contributed by atoms with van der Waals surface area (Å²) in [5.74, 6) is 0.827. The van der Waals surface area contributed by atoms with Crippen molar-refractivity contribution in [3.63, 3.8) is 0 Å². The van der Waals surface area contributed by atoms with Gasteiger partial charge in [0.15, 0.2) is 0 Å². The maximum Gasteiger partial charge on any atom is 0.216 e. The van der Waals surface area contributed by atoms with E-state index in [0.717, 1.165) is 23.4 Å². The lowest BCUT2D eigenvalue weighted by atomic mass is 10.1. The molecule has 1 atom stereocenters. The van der Waals surface area contributed by atoms with E-state index in [9.17, 15) is 8.42 Å². The zero-order valence-corrected chi connectivity index (χ0v) is 14.3. The largest absolute Gasteiger partial charge is 0.310 e. The number of benzene rings is 1. The monoisotopic (exact) mass is 328 g/mol. The van der Waals surface area contributed by atoms with E-state index in [1.54, 1.807) is 11.8 Å². The molecule has 1 saturated carbocycles. The van der Waals surface area contributed by atoms with Gasteiger partial charge in [0, 0.05) is 24.4 Å². The van der Waals surface area contributed by atoms with E-state index in [4.69, 9.17) is 0 Å². The Morgan fingerprint density at radius 2 is 2.05 bits per heavy atom. The molecule has 21 heavy (non-hydrogen) atoms. The van der Waals surface area contributed by atoms with Crippen LogP contribution in [0.4, 0.5) is 0 Å². The summed E-state index contributed by atoms with van der Waals surface area (Å²) < 4.78 is 27.0. The Kier molecular flexibility index (Phi) is 6.10. The highest BCUT2D eigenvalue weighted by molar-refractivity contribution is 7.98. The quantitative estimate of drug-likeness (QED) is 0.729. The third-order valence-corrected chi connectivity index (χ3v) is 5.63. The molecule has 0 saturated heterocycles. The Labute approximate surface area is 132 Å². The first kappa shape index (κ1) is 16.8. The van der Waals surface area contributed by atoms with Crippen LogP contribution in [-0.4, -0.2) is 32.5 Å². The van der Waals surface area contributed by atoms with Crippen molar-refractivity contribution in [1.82, 2.24) is 10.0 Å². The lowest BCUT2D eigenvalue weighted by Gasteiger charge is -2.13. The van der Waals surface area contributed by atoms with Crippen molar-refractivity contribution in [3.8, 4) is 0 Å². The van der Waals surface area contributed by atoms with E-state index in [1.165, 1.54) is 12.8 Å². The molecule has 0 bridgehead atoms. The van der Waals surface area contributed by atoms with Crippen LogP contribution in [0.1, 0.15) is 30.9 Å². The SMILES string of the molecule is CSCC(C)NS(=O)(=O)Cc1cccc(CNC2CC2)c1. The third-order valence-electron chi connectivity index (χ3n) is 3.32. The van der Waals surface area contributed by atoms with E-state index >= 15 is 0 Å². The molecule has 0 radical (unpaired) electrons. The minimum atomic E-state index is -3.28. The fourth-order valence-electron chi connectivity index (χ4n) is 2.23. The van der Waals surface area contributed by atoms with Crippen LogP contribution < -0.4 is 10.0 Å². The second-order valence-electron chi connectivity index (χ2n) is 5.71. The van der Waals surface area contributed by atoms with Gasteiger partial charge in [0.05, 0.1) is 5.75 Å². The van der Waals surface area contributed by atoms with Gasteiger partial charge in [-0.3, -0.25) is 0 Å². The number of thioether (sulfide) groups is 1. The predicted octanol–water partition coefficient (Wildman–Crippen LogP) is 2.11. The maximum absolute atomic E-state index is 12.1. The molecular weight excluding hydrogens is 304 g/mol. The average Bonchev–Trinajstić information content (AvgIpc) is 3.19. The molecule has 0 spiro atoms. The number of rotatable bonds is 9. The second-order valence-corrected chi connectivity index (χ2v) is 8.37. The summed E-state index contributed by atoms with van der Waals surface area (Å²) in [5.41, 5.74) is 1.99. The number of nitrogens with one attached hydrogen (secondary N) is 2.